The number of rotatable bonds is 0. The minimum absolute atomic E-state index is 0. The van der Waals surface area contributed by atoms with Crippen molar-refractivity contribution in [2.75, 3.05) is 7.05 Å². The Morgan fingerprint density at radius 1 is 1.67 bits per heavy atom. The number of hydrogen-bond acceptors (Lipinski definition) is 1. The van der Waals surface area contributed by atoms with E-state index in [0.29, 0.717) is 5.17 Å². The van der Waals surface area contributed by atoms with E-state index in [1.807, 2.05) is 0 Å². The largest absolute Gasteiger partial charge is 0.281 e. The van der Waals surface area contributed by atoms with Crippen LogP contribution in [0.5, 0.6) is 0 Å². The van der Waals surface area contributed by atoms with Crippen molar-refractivity contribution in [1.29, 1.82) is 0 Å². The number of hydrogen-bond donors (Lipinski definition) is 0. The van der Waals surface area contributed by atoms with Gasteiger partial charge in [0, 0.05) is 25.6 Å². The third kappa shape index (κ3) is 8.82. The number of aliphatic imine (C=N–C) groups is 1. The van der Waals surface area contributed by atoms with Crippen molar-refractivity contribution in [3.63, 3.8) is 0 Å². The molecule has 0 fully saturated rings. The van der Waals surface area contributed by atoms with Crippen LogP contribution in [-0.4, -0.2) is 12.2 Å². The average molecular weight is 142 g/mol. The predicted molar refractivity (Wildman–Crippen MR) is 24.9 cm³/mol. The SMILES string of the molecule is CN=C(C)Cl.[V]. The van der Waals surface area contributed by atoms with Gasteiger partial charge in [0.15, 0.2) is 0 Å². The molecule has 0 heterocycles. The van der Waals surface area contributed by atoms with E-state index in [0.717, 1.165) is 0 Å². The monoisotopic (exact) mass is 142 g/mol. The fourth-order valence-electron chi connectivity index (χ4n) is 0. The summed E-state index contributed by atoms with van der Waals surface area (Å²) in [7, 11) is 1.66. The molecule has 35 valence electrons. The topological polar surface area (TPSA) is 12.4 Å². The molecule has 1 radical (unpaired) electrons. The maximum atomic E-state index is 5.21. The Morgan fingerprint density at radius 3 is 1.83 bits per heavy atom. The molecule has 0 amide bonds. The van der Waals surface area contributed by atoms with Crippen molar-refractivity contribution in [3.05, 3.63) is 0 Å². The Hall–Kier alpha value is 0.544. The molecule has 0 unspecified atom stereocenters. The second-order valence-corrected chi connectivity index (χ2v) is 1.27. The Bertz CT molecular complexity index is 48.8. The van der Waals surface area contributed by atoms with Crippen molar-refractivity contribution in [1.82, 2.24) is 0 Å². The molecule has 0 aromatic rings. The molecule has 0 aliphatic rings. The fraction of sp³-hybridized carbons (Fsp3) is 0.667. The van der Waals surface area contributed by atoms with Gasteiger partial charge in [0.05, 0.1) is 5.17 Å². The molecule has 0 aromatic heterocycles. The van der Waals surface area contributed by atoms with E-state index in [4.69, 9.17) is 11.6 Å². The van der Waals surface area contributed by atoms with Gasteiger partial charge in [-0.15, -0.1) is 0 Å². The molecule has 0 N–H and O–H groups in total. The number of nitrogens with zero attached hydrogens (tertiary/aromatic N) is 1. The Labute approximate surface area is 54.7 Å². The predicted octanol–water partition coefficient (Wildman–Crippen LogP) is 1.27. The minimum atomic E-state index is 0. The van der Waals surface area contributed by atoms with Crippen LogP contribution in [0.2, 0.25) is 0 Å². The summed E-state index contributed by atoms with van der Waals surface area (Å²) in [6.07, 6.45) is 0. The second-order valence-electron chi connectivity index (χ2n) is 0.721. The van der Waals surface area contributed by atoms with E-state index in [-0.39, 0.29) is 18.6 Å². The minimum Gasteiger partial charge on any atom is -0.281 e. The maximum Gasteiger partial charge on any atom is 0.0968 e. The normalized spacial score (nSPS) is 10.2. The fourth-order valence-corrected chi connectivity index (χ4v) is 0. The van der Waals surface area contributed by atoms with Gasteiger partial charge in [0.25, 0.3) is 0 Å². The van der Waals surface area contributed by atoms with Crippen LogP contribution in [-0.2, 0) is 18.6 Å². The quantitative estimate of drug-likeness (QED) is 0.452. The zero-order valence-electron chi connectivity index (χ0n) is 3.77. The zero-order chi connectivity index (χ0) is 4.28. The van der Waals surface area contributed by atoms with Crippen molar-refractivity contribution >= 4 is 16.8 Å². The Morgan fingerprint density at radius 2 is 1.83 bits per heavy atom. The van der Waals surface area contributed by atoms with Gasteiger partial charge < -0.3 is 0 Å². The van der Waals surface area contributed by atoms with Crippen LogP contribution in [0, 0.1) is 0 Å². The van der Waals surface area contributed by atoms with Crippen LogP contribution in [0.25, 0.3) is 0 Å². The van der Waals surface area contributed by atoms with Gasteiger partial charge >= 0.3 is 0 Å². The molecule has 1 nitrogen and oxygen atoms in total. The van der Waals surface area contributed by atoms with Crippen molar-refractivity contribution in [2.24, 2.45) is 4.99 Å². The summed E-state index contributed by atoms with van der Waals surface area (Å²) in [6, 6.07) is 0. The summed E-state index contributed by atoms with van der Waals surface area (Å²) in [5.74, 6) is 0. The van der Waals surface area contributed by atoms with Gasteiger partial charge in [-0.05, 0) is 6.92 Å². The van der Waals surface area contributed by atoms with Gasteiger partial charge in [0.2, 0.25) is 0 Å². The first kappa shape index (κ1) is 9.74. The molecule has 0 saturated heterocycles. The third-order valence-corrected chi connectivity index (χ3v) is 0.477. The maximum absolute atomic E-state index is 5.21. The Balaban J connectivity index is 0. The van der Waals surface area contributed by atoms with Crippen LogP contribution < -0.4 is 0 Å². The second kappa shape index (κ2) is 5.54. The van der Waals surface area contributed by atoms with Gasteiger partial charge in [0.1, 0.15) is 0 Å². The summed E-state index contributed by atoms with van der Waals surface area (Å²) in [5, 5.41) is 0.602. The third-order valence-electron chi connectivity index (χ3n) is 0.308. The molecular formula is C3H6ClNV. The van der Waals surface area contributed by atoms with E-state index in [1.165, 1.54) is 0 Å². The molecule has 0 aliphatic heterocycles. The molecular weight excluding hydrogens is 136 g/mol. The van der Waals surface area contributed by atoms with Crippen LogP contribution in [0.15, 0.2) is 4.99 Å². The smallest absolute Gasteiger partial charge is 0.0968 e. The molecule has 0 spiro atoms. The standard InChI is InChI=1S/C3H6ClN.V/c1-3(4)5-2;/h1-2H3;. The molecule has 0 bridgehead atoms. The zero-order valence-corrected chi connectivity index (χ0v) is 5.93. The first-order chi connectivity index (χ1) is 2.27. The van der Waals surface area contributed by atoms with Crippen LogP contribution in [0.4, 0.5) is 0 Å². The molecule has 0 atom stereocenters. The van der Waals surface area contributed by atoms with Gasteiger partial charge in [-0.3, -0.25) is 4.99 Å². The van der Waals surface area contributed by atoms with E-state index >= 15 is 0 Å². The first-order valence-corrected chi connectivity index (χ1v) is 1.74. The van der Waals surface area contributed by atoms with Gasteiger partial charge in [-0.1, -0.05) is 11.6 Å². The van der Waals surface area contributed by atoms with E-state index in [1.54, 1.807) is 14.0 Å². The molecule has 0 aliphatic carbocycles. The van der Waals surface area contributed by atoms with Crippen LogP contribution in [0.1, 0.15) is 6.92 Å². The van der Waals surface area contributed by atoms with Gasteiger partial charge in [-0.2, -0.15) is 0 Å². The Kier molecular flexibility index (Phi) is 9.00. The van der Waals surface area contributed by atoms with Crippen LogP contribution >= 0.6 is 11.6 Å². The van der Waals surface area contributed by atoms with E-state index in [9.17, 15) is 0 Å². The number of halogens is 1. The summed E-state index contributed by atoms with van der Waals surface area (Å²) >= 11 is 5.21. The summed E-state index contributed by atoms with van der Waals surface area (Å²) in [5.41, 5.74) is 0. The summed E-state index contributed by atoms with van der Waals surface area (Å²) in [4.78, 5) is 3.57. The van der Waals surface area contributed by atoms with E-state index in [2.05, 4.69) is 4.99 Å². The van der Waals surface area contributed by atoms with E-state index < -0.39 is 0 Å². The van der Waals surface area contributed by atoms with Crippen molar-refractivity contribution in [2.45, 2.75) is 6.92 Å². The van der Waals surface area contributed by atoms with Crippen molar-refractivity contribution < 1.29 is 18.6 Å². The van der Waals surface area contributed by atoms with Gasteiger partial charge in [-0.25, -0.2) is 0 Å². The molecule has 3 heteroatoms. The van der Waals surface area contributed by atoms with Crippen LogP contribution in [0.3, 0.4) is 0 Å². The first-order valence-electron chi connectivity index (χ1n) is 1.36. The average Bonchev–Trinajstić information content (AvgIpc) is 1.38. The molecule has 0 saturated carbocycles. The molecule has 0 rings (SSSR count). The summed E-state index contributed by atoms with van der Waals surface area (Å²) in [6.45, 7) is 1.74. The summed E-state index contributed by atoms with van der Waals surface area (Å²) < 4.78 is 0. The molecule has 6 heavy (non-hydrogen) atoms. The van der Waals surface area contributed by atoms with Crippen molar-refractivity contribution in [3.8, 4) is 0 Å². The molecule has 0 aromatic carbocycles.